The lowest BCUT2D eigenvalue weighted by Crippen LogP contribution is -2.23. The van der Waals surface area contributed by atoms with Gasteiger partial charge in [-0.25, -0.2) is 9.97 Å². The Bertz CT molecular complexity index is 375. The highest BCUT2D eigenvalue weighted by Gasteiger charge is 2.22. The monoisotopic (exact) mass is 252 g/mol. The molecule has 1 fully saturated rings. The summed E-state index contributed by atoms with van der Waals surface area (Å²) < 4.78 is 5.08. The van der Waals surface area contributed by atoms with Gasteiger partial charge in [-0.3, -0.25) is 0 Å². The zero-order valence-electron chi connectivity index (χ0n) is 10.9. The first-order valence-electron chi connectivity index (χ1n) is 6.26. The average molecular weight is 252 g/mol. The number of nitrogens with one attached hydrogen (secondary N) is 1. The van der Waals surface area contributed by atoms with Crippen LogP contribution in [-0.4, -0.2) is 47.9 Å². The van der Waals surface area contributed by atoms with Gasteiger partial charge in [0.05, 0.1) is 6.10 Å². The molecular weight excluding hydrogens is 232 g/mol. The first-order valence-corrected chi connectivity index (χ1v) is 6.26. The van der Waals surface area contributed by atoms with Crippen LogP contribution in [0.5, 0.6) is 0 Å². The van der Waals surface area contributed by atoms with Gasteiger partial charge in [0.25, 0.3) is 0 Å². The van der Waals surface area contributed by atoms with Gasteiger partial charge >= 0.3 is 0 Å². The summed E-state index contributed by atoms with van der Waals surface area (Å²) >= 11 is 0. The van der Waals surface area contributed by atoms with Crippen LogP contribution < -0.4 is 10.2 Å². The maximum atomic E-state index is 9.58. The Hall–Kier alpha value is -1.40. The molecule has 1 aromatic rings. The molecule has 18 heavy (non-hydrogen) atoms. The molecule has 6 nitrogen and oxygen atoms in total. The molecule has 1 saturated heterocycles. The van der Waals surface area contributed by atoms with Gasteiger partial charge in [-0.15, -0.1) is 0 Å². The molecule has 1 aromatic heterocycles. The summed E-state index contributed by atoms with van der Waals surface area (Å²) in [7, 11) is 1.63. The molecule has 0 saturated carbocycles. The number of aliphatic hydroxyl groups is 1. The molecule has 6 heteroatoms. The molecule has 1 unspecified atom stereocenters. The third kappa shape index (κ3) is 3.08. The highest BCUT2D eigenvalue weighted by molar-refractivity contribution is 5.50. The van der Waals surface area contributed by atoms with Crippen molar-refractivity contribution in [3.05, 3.63) is 11.9 Å². The van der Waals surface area contributed by atoms with E-state index in [0.29, 0.717) is 19.0 Å². The molecule has 0 radical (unpaired) electrons. The lowest BCUT2D eigenvalue weighted by Gasteiger charge is -2.18. The summed E-state index contributed by atoms with van der Waals surface area (Å²) in [4.78, 5) is 10.9. The number of aliphatic hydroxyl groups excluding tert-OH is 1. The number of aromatic nitrogens is 2. The summed E-state index contributed by atoms with van der Waals surface area (Å²) in [5, 5.41) is 12.8. The maximum Gasteiger partial charge on any atom is 0.158 e. The second kappa shape index (κ2) is 5.97. The van der Waals surface area contributed by atoms with Crippen molar-refractivity contribution in [3.63, 3.8) is 0 Å². The lowest BCUT2D eigenvalue weighted by molar-refractivity contribution is 0.178. The molecule has 0 aliphatic carbocycles. The first-order chi connectivity index (χ1) is 8.72. The van der Waals surface area contributed by atoms with Gasteiger partial charge in [0, 0.05) is 32.8 Å². The van der Waals surface area contributed by atoms with Crippen molar-refractivity contribution < 1.29 is 9.84 Å². The summed E-state index contributed by atoms with van der Waals surface area (Å²) in [6, 6.07) is 1.92. The quantitative estimate of drug-likeness (QED) is 0.801. The molecule has 0 bridgehead atoms. The van der Waals surface area contributed by atoms with Crippen molar-refractivity contribution in [1.29, 1.82) is 0 Å². The topological polar surface area (TPSA) is 70.5 Å². The number of rotatable bonds is 5. The SMILES string of the molecule is CCNc1cc(N2CCC(O)C2)nc(COC)n1. The van der Waals surface area contributed by atoms with Crippen LogP contribution in [0.1, 0.15) is 19.2 Å². The normalized spacial score (nSPS) is 19.3. The van der Waals surface area contributed by atoms with Crippen molar-refractivity contribution in [1.82, 2.24) is 9.97 Å². The van der Waals surface area contributed by atoms with E-state index in [4.69, 9.17) is 4.74 Å². The Morgan fingerprint density at radius 2 is 2.39 bits per heavy atom. The highest BCUT2D eigenvalue weighted by atomic mass is 16.5. The first kappa shape index (κ1) is 13.0. The Balaban J connectivity index is 2.21. The summed E-state index contributed by atoms with van der Waals surface area (Å²) in [5.41, 5.74) is 0. The van der Waals surface area contributed by atoms with Gasteiger partial charge < -0.3 is 20.1 Å². The predicted octanol–water partition coefficient (Wildman–Crippen LogP) is 0.626. The minimum atomic E-state index is -0.256. The highest BCUT2D eigenvalue weighted by Crippen LogP contribution is 2.21. The van der Waals surface area contributed by atoms with Crippen LogP contribution in [0.2, 0.25) is 0 Å². The standard InChI is InChI=1S/C12H20N4O2/c1-3-13-10-6-12(15-11(14-10)8-18-2)16-5-4-9(17)7-16/h6,9,17H,3-5,7-8H2,1-2H3,(H,13,14,15). The fraction of sp³-hybridized carbons (Fsp3) is 0.667. The van der Waals surface area contributed by atoms with Gasteiger partial charge in [-0.2, -0.15) is 0 Å². The molecule has 1 aliphatic rings. The Morgan fingerprint density at radius 1 is 1.56 bits per heavy atom. The van der Waals surface area contributed by atoms with Crippen molar-refractivity contribution in [2.75, 3.05) is 37.0 Å². The van der Waals surface area contributed by atoms with Crippen molar-refractivity contribution >= 4 is 11.6 Å². The van der Waals surface area contributed by atoms with Crippen molar-refractivity contribution in [2.45, 2.75) is 26.1 Å². The zero-order chi connectivity index (χ0) is 13.0. The van der Waals surface area contributed by atoms with Crippen LogP contribution in [0, 0.1) is 0 Å². The van der Waals surface area contributed by atoms with Gasteiger partial charge in [0.2, 0.25) is 0 Å². The lowest BCUT2D eigenvalue weighted by atomic mass is 10.3. The summed E-state index contributed by atoms with van der Waals surface area (Å²) in [6.45, 7) is 4.69. The third-order valence-corrected chi connectivity index (χ3v) is 2.88. The van der Waals surface area contributed by atoms with Gasteiger partial charge in [0.15, 0.2) is 5.82 Å². The zero-order valence-corrected chi connectivity index (χ0v) is 10.9. The number of β-amino-alcohol motifs (C(OH)–C–C–N with tert-alkyl or cyclic N) is 1. The van der Waals surface area contributed by atoms with Gasteiger partial charge in [-0.05, 0) is 13.3 Å². The van der Waals surface area contributed by atoms with E-state index in [1.807, 2.05) is 13.0 Å². The van der Waals surface area contributed by atoms with Crippen LogP contribution in [0.3, 0.4) is 0 Å². The van der Waals surface area contributed by atoms with Crippen molar-refractivity contribution in [3.8, 4) is 0 Å². The number of hydrogen-bond donors (Lipinski definition) is 2. The van der Waals surface area contributed by atoms with E-state index >= 15 is 0 Å². The van der Waals surface area contributed by atoms with E-state index in [1.165, 1.54) is 0 Å². The fourth-order valence-electron chi connectivity index (χ4n) is 2.06. The van der Waals surface area contributed by atoms with E-state index in [1.54, 1.807) is 7.11 Å². The molecule has 2 heterocycles. The van der Waals surface area contributed by atoms with Crippen molar-refractivity contribution in [2.24, 2.45) is 0 Å². The third-order valence-electron chi connectivity index (χ3n) is 2.88. The number of methoxy groups -OCH3 is 1. The van der Waals surface area contributed by atoms with Gasteiger partial charge in [-0.1, -0.05) is 0 Å². The molecule has 100 valence electrons. The summed E-state index contributed by atoms with van der Waals surface area (Å²) in [5.74, 6) is 2.31. The van der Waals surface area contributed by atoms with E-state index in [-0.39, 0.29) is 6.10 Å². The van der Waals surface area contributed by atoms with Crippen LogP contribution in [0.25, 0.3) is 0 Å². The predicted molar refractivity (Wildman–Crippen MR) is 69.7 cm³/mol. The van der Waals surface area contributed by atoms with E-state index < -0.39 is 0 Å². The van der Waals surface area contributed by atoms with Crippen LogP contribution in [0.4, 0.5) is 11.6 Å². The molecule has 2 N–H and O–H groups in total. The smallest absolute Gasteiger partial charge is 0.158 e. The summed E-state index contributed by atoms with van der Waals surface area (Å²) in [6.07, 6.45) is 0.536. The number of anilines is 2. The van der Waals surface area contributed by atoms with Crippen LogP contribution in [-0.2, 0) is 11.3 Å². The van der Waals surface area contributed by atoms with E-state index in [9.17, 15) is 5.11 Å². The van der Waals surface area contributed by atoms with E-state index in [0.717, 1.165) is 31.1 Å². The minimum Gasteiger partial charge on any atom is -0.391 e. The molecule has 2 rings (SSSR count). The second-order valence-corrected chi connectivity index (χ2v) is 4.38. The maximum absolute atomic E-state index is 9.58. The Kier molecular flexibility index (Phi) is 4.33. The Morgan fingerprint density at radius 3 is 3.00 bits per heavy atom. The number of ether oxygens (including phenoxy) is 1. The molecular formula is C12H20N4O2. The second-order valence-electron chi connectivity index (χ2n) is 4.38. The Labute approximate surface area is 107 Å². The fourth-order valence-corrected chi connectivity index (χ4v) is 2.06. The minimum absolute atomic E-state index is 0.256. The molecule has 1 aliphatic heterocycles. The van der Waals surface area contributed by atoms with Crippen LogP contribution >= 0.6 is 0 Å². The van der Waals surface area contributed by atoms with Crippen LogP contribution in [0.15, 0.2) is 6.07 Å². The average Bonchev–Trinajstić information content (AvgIpc) is 2.76. The van der Waals surface area contributed by atoms with Gasteiger partial charge in [0.1, 0.15) is 18.2 Å². The van der Waals surface area contributed by atoms with E-state index in [2.05, 4.69) is 20.2 Å². The molecule has 0 amide bonds. The molecule has 1 atom stereocenters. The molecule has 0 aromatic carbocycles. The molecule has 0 spiro atoms. The largest absolute Gasteiger partial charge is 0.391 e. The number of nitrogens with zero attached hydrogens (tertiary/aromatic N) is 3. The number of hydrogen-bond acceptors (Lipinski definition) is 6.